The van der Waals surface area contributed by atoms with E-state index in [2.05, 4.69) is 22.8 Å². The number of carboxylic acid groups (broad SMARTS) is 1. The van der Waals surface area contributed by atoms with E-state index in [0.717, 1.165) is 22.3 Å². The molecule has 3 N–H and O–H groups in total. The molecule has 0 spiro atoms. The van der Waals surface area contributed by atoms with Gasteiger partial charge in [0.2, 0.25) is 5.91 Å². The summed E-state index contributed by atoms with van der Waals surface area (Å²) >= 11 is 0. The number of amides is 2. The molecule has 0 saturated carbocycles. The van der Waals surface area contributed by atoms with Crippen molar-refractivity contribution < 1.29 is 24.2 Å². The van der Waals surface area contributed by atoms with Crippen molar-refractivity contribution in [3.05, 3.63) is 59.7 Å². The Morgan fingerprint density at radius 3 is 2.13 bits per heavy atom. The first-order chi connectivity index (χ1) is 14.4. The van der Waals surface area contributed by atoms with Crippen LogP contribution in [0.2, 0.25) is 0 Å². The van der Waals surface area contributed by atoms with Gasteiger partial charge in [-0.2, -0.15) is 0 Å². The highest BCUT2D eigenvalue weighted by molar-refractivity contribution is 5.80. The molecule has 30 heavy (non-hydrogen) atoms. The molecular weight excluding hydrogens is 384 g/mol. The Morgan fingerprint density at radius 2 is 1.57 bits per heavy atom. The molecule has 158 valence electrons. The van der Waals surface area contributed by atoms with Gasteiger partial charge in [-0.3, -0.25) is 9.59 Å². The highest BCUT2D eigenvalue weighted by Gasteiger charge is 2.29. The quantitative estimate of drug-likeness (QED) is 0.620. The molecule has 7 nitrogen and oxygen atoms in total. The molecule has 0 saturated heterocycles. The SMILES string of the molecule is CC(NC(=O)CCNC(=O)OCC1c2ccccc2-c2ccccc21)C(C)C(=O)O. The molecule has 1 aliphatic rings. The molecular formula is C23H26N2O5. The van der Waals surface area contributed by atoms with Gasteiger partial charge in [0.05, 0.1) is 5.92 Å². The third kappa shape index (κ3) is 4.79. The number of rotatable bonds is 8. The Kier molecular flexibility index (Phi) is 6.72. The Balaban J connectivity index is 1.47. The lowest BCUT2D eigenvalue weighted by molar-refractivity contribution is -0.142. The summed E-state index contributed by atoms with van der Waals surface area (Å²) in [5.41, 5.74) is 4.58. The first-order valence-electron chi connectivity index (χ1n) is 9.99. The monoisotopic (exact) mass is 410 g/mol. The van der Waals surface area contributed by atoms with Crippen LogP contribution in [-0.4, -0.2) is 42.3 Å². The van der Waals surface area contributed by atoms with Crippen LogP contribution >= 0.6 is 0 Å². The van der Waals surface area contributed by atoms with Gasteiger partial charge in [-0.15, -0.1) is 0 Å². The zero-order valence-electron chi connectivity index (χ0n) is 17.1. The predicted octanol–water partition coefficient (Wildman–Crippen LogP) is 3.14. The fourth-order valence-corrected chi connectivity index (χ4v) is 3.59. The van der Waals surface area contributed by atoms with E-state index in [1.54, 1.807) is 6.92 Å². The summed E-state index contributed by atoms with van der Waals surface area (Å²) in [5.74, 6) is -2.01. The molecule has 2 amide bonds. The summed E-state index contributed by atoms with van der Waals surface area (Å²) in [6.45, 7) is 3.48. The summed E-state index contributed by atoms with van der Waals surface area (Å²) in [7, 11) is 0. The van der Waals surface area contributed by atoms with E-state index in [1.165, 1.54) is 6.92 Å². The van der Waals surface area contributed by atoms with Gasteiger partial charge in [-0.05, 0) is 36.1 Å². The molecule has 1 aliphatic carbocycles. The fraction of sp³-hybridized carbons (Fsp3) is 0.348. The predicted molar refractivity (Wildman–Crippen MR) is 112 cm³/mol. The number of carboxylic acids is 1. The van der Waals surface area contributed by atoms with Gasteiger partial charge < -0.3 is 20.5 Å². The number of ether oxygens (including phenoxy) is 1. The molecule has 0 heterocycles. The van der Waals surface area contributed by atoms with E-state index in [-0.39, 0.29) is 31.4 Å². The molecule has 0 fully saturated rings. The van der Waals surface area contributed by atoms with Gasteiger partial charge in [0.1, 0.15) is 6.61 Å². The average Bonchev–Trinajstić information content (AvgIpc) is 3.05. The van der Waals surface area contributed by atoms with E-state index >= 15 is 0 Å². The minimum atomic E-state index is -0.973. The summed E-state index contributed by atoms with van der Waals surface area (Å²) in [5, 5.41) is 14.2. The van der Waals surface area contributed by atoms with Crippen LogP contribution in [0.3, 0.4) is 0 Å². The van der Waals surface area contributed by atoms with Crippen LogP contribution in [0.4, 0.5) is 4.79 Å². The molecule has 2 aromatic rings. The van der Waals surface area contributed by atoms with Crippen molar-refractivity contribution in [3.8, 4) is 11.1 Å². The first kappa shape index (κ1) is 21.4. The van der Waals surface area contributed by atoms with Crippen molar-refractivity contribution in [3.63, 3.8) is 0 Å². The van der Waals surface area contributed by atoms with Crippen LogP contribution < -0.4 is 10.6 Å². The lowest BCUT2D eigenvalue weighted by atomic mass is 9.98. The van der Waals surface area contributed by atoms with E-state index in [4.69, 9.17) is 9.84 Å². The van der Waals surface area contributed by atoms with Gasteiger partial charge in [-0.1, -0.05) is 48.5 Å². The molecule has 0 bridgehead atoms. The zero-order chi connectivity index (χ0) is 21.7. The maximum atomic E-state index is 12.1. The lowest BCUT2D eigenvalue weighted by Crippen LogP contribution is -2.41. The third-order valence-electron chi connectivity index (χ3n) is 5.49. The van der Waals surface area contributed by atoms with Crippen molar-refractivity contribution in [2.75, 3.05) is 13.2 Å². The van der Waals surface area contributed by atoms with Crippen molar-refractivity contribution in [1.29, 1.82) is 0 Å². The highest BCUT2D eigenvalue weighted by Crippen LogP contribution is 2.44. The van der Waals surface area contributed by atoms with Gasteiger partial charge in [0, 0.05) is 24.9 Å². The molecule has 2 unspecified atom stereocenters. The smallest absolute Gasteiger partial charge is 0.407 e. The number of nitrogens with one attached hydrogen (secondary N) is 2. The number of benzene rings is 2. The second-order valence-electron chi connectivity index (χ2n) is 7.49. The van der Waals surface area contributed by atoms with Crippen LogP contribution in [0.25, 0.3) is 11.1 Å². The van der Waals surface area contributed by atoms with Crippen molar-refractivity contribution in [1.82, 2.24) is 10.6 Å². The summed E-state index contributed by atoms with van der Waals surface area (Å²) in [6.07, 6.45) is -0.544. The molecule has 3 rings (SSSR count). The normalized spacial score (nSPS) is 14.2. The average molecular weight is 410 g/mol. The van der Waals surface area contributed by atoms with E-state index in [0.29, 0.717) is 0 Å². The molecule has 7 heteroatoms. The topological polar surface area (TPSA) is 105 Å². The second kappa shape index (κ2) is 9.43. The van der Waals surface area contributed by atoms with Crippen LogP contribution in [0.5, 0.6) is 0 Å². The number of aliphatic carboxylic acids is 1. The minimum Gasteiger partial charge on any atom is -0.481 e. The van der Waals surface area contributed by atoms with E-state index in [1.807, 2.05) is 36.4 Å². The van der Waals surface area contributed by atoms with Crippen molar-refractivity contribution in [2.24, 2.45) is 5.92 Å². The maximum Gasteiger partial charge on any atom is 0.407 e. The van der Waals surface area contributed by atoms with Crippen molar-refractivity contribution >= 4 is 18.0 Å². The molecule has 0 aliphatic heterocycles. The van der Waals surface area contributed by atoms with Crippen LogP contribution in [0.1, 0.15) is 37.3 Å². The minimum absolute atomic E-state index is 0.0233. The standard InChI is InChI=1S/C23H26N2O5/c1-14(22(27)28)15(2)25-21(26)11-12-24-23(29)30-13-20-18-9-5-3-7-16(18)17-8-4-6-10-19(17)20/h3-10,14-15,20H,11-13H2,1-2H3,(H,24,29)(H,25,26)(H,27,28). The third-order valence-corrected chi connectivity index (χ3v) is 5.49. The number of hydrogen-bond acceptors (Lipinski definition) is 4. The van der Waals surface area contributed by atoms with Crippen LogP contribution in [0.15, 0.2) is 48.5 Å². The number of carbonyl (C=O) groups is 3. The Labute approximate surface area is 175 Å². The lowest BCUT2D eigenvalue weighted by Gasteiger charge is -2.18. The van der Waals surface area contributed by atoms with Crippen molar-refractivity contribution in [2.45, 2.75) is 32.2 Å². The van der Waals surface area contributed by atoms with E-state index in [9.17, 15) is 14.4 Å². The number of fused-ring (bicyclic) bond motifs is 3. The number of alkyl carbamates (subject to hydrolysis) is 1. The van der Waals surface area contributed by atoms with E-state index < -0.39 is 24.0 Å². The zero-order valence-corrected chi connectivity index (χ0v) is 17.1. The summed E-state index contributed by atoms with van der Waals surface area (Å²) in [6, 6.07) is 15.7. The van der Waals surface area contributed by atoms with Gasteiger partial charge in [0.15, 0.2) is 0 Å². The highest BCUT2D eigenvalue weighted by atomic mass is 16.5. The molecule has 2 atom stereocenters. The van der Waals surface area contributed by atoms with Gasteiger partial charge in [0.25, 0.3) is 0 Å². The Morgan fingerprint density at radius 1 is 1.00 bits per heavy atom. The molecule has 0 aromatic heterocycles. The second-order valence-corrected chi connectivity index (χ2v) is 7.49. The fourth-order valence-electron chi connectivity index (χ4n) is 3.59. The maximum absolute atomic E-state index is 12.1. The number of hydrogen-bond donors (Lipinski definition) is 3. The summed E-state index contributed by atoms with van der Waals surface area (Å²) in [4.78, 5) is 34.9. The number of carbonyl (C=O) groups excluding carboxylic acids is 2. The van der Waals surface area contributed by atoms with Crippen LogP contribution in [-0.2, 0) is 14.3 Å². The Bertz CT molecular complexity index is 897. The molecule has 0 radical (unpaired) electrons. The Hall–Kier alpha value is -3.35. The van der Waals surface area contributed by atoms with Crippen LogP contribution in [0, 0.1) is 5.92 Å². The van der Waals surface area contributed by atoms with Gasteiger partial charge in [-0.25, -0.2) is 4.79 Å². The first-order valence-corrected chi connectivity index (χ1v) is 9.99. The largest absolute Gasteiger partial charge is 0.481 e. The van der Waals surface area contributed by atoms with Gasteiger partial charge >= 0.3 is 12.1 Å². The summed E-state index contributed by atoms with van der Waals surface area (Å²) < 4.78 is 5.41. The molecule has 2 aromatic carbocycles.